The highest BCUT2D eigenvalue weighted by Crippen LogP contribution is 2.28. The lowest BCUT2D eigenvalue weighted by molar-refractivity contribution is -0.384. The average molecular weight is 515 g/mol. The third kappa shape index (κ3) is 8.64. The molecule has 0 aromatic heterocycles. The summed E-state index contributed by atoms with van der Waals surface area (Å²) < 4.78 is 0. The van der Waals surface area contributed by atoms with Gasteiger partial charge in [-0.3, -0.25) is 19.7 Å². The normalized spacial score (nSPS) is 15.1. The fraction of sp³-hybridized carbons (Fsp3) is 0.462. The predicted molar refractivity (Wildman–Crippen MR) is 146 cm³/mol. The molecule has 2 amide bonds. The SMILES string of the molecule is CC(=O)N1CCN(c2ccccc2N)CC1.CC(=O)N1CCN(c2ccccc2[N+](=O)[O-])CC1.CCO. The highest BCUT2D eigenvalue weighted by molar-refractivity contribution is 5.74. The molecule has 0 aliphatic carbocycles. The summed E-state index contributed by atoms with van der Waals surface area (Å²) in [6.45, 7) is 10.8. The maximum absolute atomic E-state index is 11.2. The Morgan fingerprint density at radius 3 is 1.59 bits per heavy atom. The van der Waals surface area contributed by atoms with Crippen LogP contribution in [-0.4, -0.2) is 90.6 Å². The number of piperazine rings is 2. The maximum atomic E-state index is 11.2. The van der Waals surface area contributed by atoms with E-state index in [9.17, 15) is 19.7 Å². The van der Waals surface area contributed by atoms with Crippen LogP contribution in [-0.2, 0) is 9.59 Å². The Bertz CT molecular complexity index is 1030. The molecule has 0 radical (unpaired) electrons. The standard InChI is InChI=1S/C12H15N3O3.C12H17N3O.C2H6O/c1-10(16)13-6-8-14(9-7-13)11-4-2-3-5-12(11)15(17)18;1-10(16)14-6-8-15(9-7-14)12-5-3-2-4-11(12)13;1-2-3/h2-5H,6-9H2,1H3;2-5H,6-9,13H2,1H3;3H,2H2,1H3. The second-order valence-electron chi connectivity index (χ2n) is 8.61. The van der Waals surface area contributed by atoms with Crippen molar-refractivity contribution in [2.45, 2.75) is 20.8 Å². The summed E-state index contributed by atoms with van der Waals surface area (Å²) in [5.74, 6) is 0.206. The summed E-state index contributed by atoms with van der Waals surface area (Å²) in [6, 6.07) is 14.6. The van der Waals surface area contributed by atoms with Gasteiger partial charge in [0.05, 0.1) is 16.3 Å². The van der Waals surface area contributed by atoms with Crippen LogP contribution >= 0.6 is 0 Å². The molecule has 3 N–H and O–H groups in total. The first-order valence-electron chi connectivity index (χ1n) is 12.4. The molecule has 11 nitrogen and oxygen atoms in total. The zero-order chi connectivity index (χ0) is 27.4. The summed E-state index contributed by atoms with van der Waals surface area (Å²) in [6.07, 6.45) is 0. The number of hydrogen-bond acceptors (Lipinski definition) is 8. The van der Waals surface area contributed by atoms with Crippen LogP contribution in [0.1, 0.15) is 20.8 Å². The minimum absolute atomic E-state index is 0.0530. The molecule has 0 unspecified atom stereocenters. The van der Waals surface area contributed by atoms with E-state index in [1.54, 1.807) is 43.9 Å². The van der Waals surface area contributed by atoms with E-state index in [4.69, 9.17) is 10.8 Å². The van der Waals surface area contributed by atoms with Crippen molar-refractivity contribution in [2.75, 3.05) is 74.5 Å². The van der Waals surface area contributed by atoms with Crippen LogP contribution in [0, 0.1) is 10.1 Å². The second-order valence-corrected chi connectivity index (χ2v) is 8.61. The minimum Gasteiger partial charge on any atom is -0.397 e. The highest BCUT2D eigenvalue weighted by atomic mass is 16.6. The second kappa shape index (κ2) is 14.6. The fourth-order valence-corrected chi connectivity index (χ4v) is 4.19. The first kappa shape index (κ1) is 29.4. The zero-order valence-electron chi connectivity index (χ0n) is 21.9. The van der Waals surface area contributed by atoms with Gasteiger partial charge in [0.1, 0.15) is 5.69 Å². The van der Waals surface area contributed by atoms with Crippen molar-refractivity contribution in [3.8, 4) is 0 Å². The van der Waals surface area contributed by atoms with Gasteiger partial charge in [0.25, 0.3) is 5.69 Å². The number of hydrogen-bond donors (Lipinski definition) is 2. The van der Waals surface area contributed by atoms with Gasteiger partial charge in [-0.05, 0) is 25.1 Å². The van der Waals surface area contributed by atoms with Crippen molar-refractivity contribution in [2.24, 2.45) is 0 Å². The number of rotatable bonds is 3. The average Bonchev–Trinajstić information content (AvgIpc) is 2.90. The smallest absolute Gasteiger partial charge is 0.292 e. The number of aliphatic hydroxyl groups excluding tert-OH is 1. The van der Waals surface area contributed by atoms with Crippen LogP contribution in [0.3, 0.4) is 0 Å². The molecule has 0 spiro atoms. The quantitative estimate of drug-likeness (QED) is 0.361. The van der Waals surface area contributed by atoms with Crippen LogP contribution in [0.25, 0.3) is 0 Å². The number of nitrogens with zero attached hydrogens (tertiary/aromatic N) is 5. The number of para-hydroxylation sites is 4. The van der Waals surface area contributed by atoms with Crippen LogP contribution < -0.4 is 15.5 Å². The number of amides is 2. The number of nitrogens with two attached hydrogens (primary N) is 1. The molecule has 2 fully saturated rings. The molecular formula is C26H38N6O5. The molecule has 2 saturated heterocycles. The van der Waals surface area contributed by atoms with E-state index in [0.717, 1.165) is 37.6 Å². The van der Waals surface area contributed by atoms with E-state index in [0.29, 0.717) is 31.9 Å². The van der Waals surface area contributed by atoms with E-state index in [2.05, 4.69) is 4.90 Å². The molecule has 2 aromatic rings. The van der Waals surface area contributed by atoms with Crippen LogP contribution in [0.2, 0.25) is 0 Å². The number of benzene rings is 2. The largest absolute Gasteiger partial charge is 0.397 e. The summed E-state index contributed by atoms with van der Waals surface area (Å²) in [7, 11) is 0. The molecule has 4 rings (SSSR count). The van der Waals surface area contributed by atoms with Crippen molar-refractivity contribution < 1.29 is 19.6 Å². The Morgan fingerprint density at radius 2 is 1.19 bits per heavy atom. The van der Waals surface area contributed by atoms with Gasteiger partial charge in [-0.2, -0.15) is 0 Å². The number of nitrogen functional groups attached to an aromatic ring is 1. The van der Waals surface area contributed by atoms with Crippen molar-refractivity contribution in [1.29, 1.82) is 0 Å². The van der Waals surface area contributed by atoms with Crippen LogP contribution in [0.4, 0.5) is 22.7 Å². The molecule has 0 bridgehead atoms. The van der Waals surface area contributed by atoms with E-state index >= 15 is 0 Å². The number of nitro benzene ring substituents is 1. The molecule has 2 aliphatic heterocycles. The highest BCUT2D eigenvalue weighted by Gasteiger charge is 2.24. The first-order chi connectivity index (χ1) is 17.7. The first-order valence-corrected chi connectivity index (χ1v) is 12.4. The van der Waals surface area contributed by atoms with Crippen LogP contribution in [0.5, 0.6) is 0 Å². The van der Waals surface area contributed by atoms with Crippen molar-refractivity contribution in [3.05, 3.63) is 58.6 Å². The monoisotopic (exact) mass is 514 g/mol. The zero-order valence-corrected chi connectivity index (χ0v) is 21.9. The Kier molecular flexibility index (Phi) is 11.6. The third-order valence-corrected chi connectivity index (χ3v) is 6.15. The molecular weight excluding hydrogens is 476 g/mol. The number of aliphatic hydroxyl groups is 1. The van der Waals surface area contributed by atoms with Gasteiger partial charge in [-0.1, -0.05) is 24.3 Å². The van der Waals surface area contributed by atoms with E-state index in [1.807, 2.05) is 34.1 Å². The van der Waals surface area contributed by atoms with Crippen molar-refractivity contribution >= 4 is 34.6 Å². The number of carbonyl (C=O) groups is 2. The van der Waals surface area contributed by atoms with E-state index in [-0.39, 0.29) is 29.0 Å². The number of nitro groups is 1. The van der Waals surface area contributed by atoms with E-state index < -0.39 is 0 Å². The Hall–Kier alpha value is -3.86. The topological polar surface area (TPSA) is 136 Å². The third-order valence-electron chi connectivity index (χ3n) is 6.15. The molecule has 2 heterocycles. The fourth-order valence-electron chi connectivity index (χ4n) is 4.19. The lowest BCUT2D eigenvalue weighted by Gasteiger charge is -2.36. The van der Waals surface area contributed by atoms with Crippen molar-refractivity contribution in [3.63, 3.8) is 0 Å². The lowest BCUT2D eigenvalue weighted by atomic mass is 10.2. The molecule has 2 aromatic carbocycles. The van der Waals surface area contributed by atoms with Gasteiger partial charge in [-0.15, -0.1) is 0 Å². The molecule has 0 atom stereocenters. The Labute approximate surface area is 218 Å². The van der Waals surface area contributed by atoms with Gasteiger partial charge < -0.3 is 30.4 Å². The summed E-state index contributed by atoms with van der Waals surface area (Å²) in [5.41, 5.74) is 8.55. The Morgan fingerprint density at radius 1 is 0.811 bits per heavy atom. The van der Waals surface area contributed by atoms with Gasteiger partial charge in [0.2, 0.25) is 11.8 Å². The summed E-state index contributed by atoms with van der Waals surface area (Å²) in [5, 5.41) is 18.5. The molecule has 11 heteroatoms. The van der Waals surface area contributed by atoms with Gasteiger partial charge in [0, 0.05) is 78.9 Å². The van der Waals surface area contributed by atoms with Gasteiger partial charge >= 0.3 is 0 Å². The van der Waals surface area contributed by atoms with Crippen LogP contribution in [0.15, 0.2) is 48.5 Å². The molecule has 202 valence electrons. The van der Waals surface area contributed by atoms with Gasteiger partial charge in [0.15, 0.2) is 0 Å². The lowest BCUT2D eigenvalue weighted by Crippen LogP contribution is -2.48. The molecule has 37 heavy (non-hydrogen) atoms. The molecule has 2 aliphatic rings. The summed E-state index contributed by atoms with van der Waals surface area (Å²) >= 11 is 0. The number of carbonyl (C=O) groups excluding carboxylic acids is 2. The predicted octanol–water partition coefficient (Wildman–Crippen LogP) is 2.20. The number of anilines is 3. The minimum atomic E-state index is -0.368. The van der Waals surface area contributed by atoms with Gasteiger partial charge in [-0.25, -0.2) is 0 Å². The summed E-state index contributed by atoms with van der Waals surface area (Å²) in [4.78, 5) is 40.8. The molecule has 0 saturated carbocycles. The van der Waals surface area contributed by atoms with E-state index in [1.165, 1.54) is 6.07 Å². The Balaban J connectivity index is 0.000000237. The van der Waals surface area contributed by atoms with Crippen molar-refractivity contribution in [1.82, 2.24) is 9.80 Å². The maximum Gasteiger partial charge on any atom is 0.292 e.